The van der Waals surface area contributed by atoms with Crippen LogP contribution in [0, 0.1) is 12.3 Å². The van der Waals surface area contributed by atoms with Crippen LogP contribution in [0.15, 0.2) is 29.2 Å². The van der Waals surface area contributed by atoms with Gasteiger partial charge in [0.15, 0.2) is 0 Å². The molecule has 1 aromatic rings. The summed E-state index contributed by atoms with van der Waals surface area (Å²) in [7, 11) is -3.61. The second-order valence-electron chi connectivity index (χ2n) is 7.00. The minimum Gasteiger partial charge on any atom is -0.380 e. The van der Waals surface area contributed by atoms with Crippen molar-refractivity contribution < 1.29 is 17.3 Å². The molecule has 0 N–H and O–H groups in total. The van der Waals surface area contributed by atoms with Crippen molar-refractivity contribution in [3.8, 4) is 0 Å². The molecule has 1 fully saturated rings. The Morgan fingerprint density at radius 3 is 2.29 bits per heavy atom. The van der Waals surface area contributed by atoms with Gasteiger partial charge in [-0.25, -0.2) is 0 Å². The number of unbranched alkanes of at least 4 members (excludes halogenated alkanes) is 3. The summed E-state index contributed by atoms with van der Waals surface area (Å²) < 4.78 is 34.6. The van der Waals surface area contributed by atoms with Crippen molar-refractivity contribution in [3.63, 3.8) is 0 Å². The van der Waals surface area contributed by atoms with E-state index in [1.165, 1.54) is 25.7 Å². The normalized spacial score (nSPS) is 16.8. The molecule has 136 valence electrons. The molecule has 5 heteroatoms. The minimum absolute atomic E-state index is 0.236. The zero-order chi connectivity index (χ0) is 17.5. The van der Waals surface area contributed by atoms with Gasteiger partial charge in [0.05, 0.1) is 24.7 Å². The van der Waals surface area contributed by atoms with Crippen LogP contribution in [0.3, 0.4) is 0 Å². The third kappa shape index (κ3) is 5.57. The molecule has 1 aromatic carbocycles. The molecular formula is C19H30O4S. The average Bonchev–Trinajstić information content (AvgIpc) is 2.51. The maximum absolute atomic E-state index is 12.0. The molecule has 0 amide bonds. The summed E-state index contributed by atoms with van der Waals surface area (Å²) >= 11 is 0. The highest BCUT2D eigenvalue weighted by Gasteiger charge is 2.36. The first-order valence-electron chi connectivity index (χ1n) is 9.01. The average molecular weight is 355 g/mol. The SMILES string of the molecule is CCCC1(CCCCCCOS(=O)(=O)c2ccc(C)cc2)COC1. The lowest BCUT2D eigenvalue weighted by Gasteiger charge is -2.41. The maximum atomic E-state index is 12.0. The van der Waals surface area contributed by atoms with Gasteiger partial charge in [0, 0.05) is 5.41 Å². The lowest BCUT2D eigenvalue weighted by molar-refractivity contribution is -0.123. The summed E-state index contributed by atoms with van der Waals surface area (Å²) in [6.07, 6.45) is 7.80. The summed E-state index contributed by atoms with van der Waals surface area (Å²) in [4.78, 5) is 0.236. The van der Waals surface area contributed by atoms with Crippen LogP contribution in [0.1, 0.15) is 57.4 Å². The first kappa shape index (κ1) is 19.4. The van der Waals surface area contributed by atoms with Crippen molar-refractivity contribution in [3.05, 3.63) is 29.8 Å². The van der Waals surface area contributed by atoms with Crippen molar-refractivity contribution in [2.24, 2.45) is 5.41 Å². The summed E-state index contributed by atoms with van der Waals surface area (Å²) in [5.41, 5.74) is 1.46. The van der Waals surface area contributed by atoms with E-state index >= 15 is 0 Å². The lowest BCUT2D eigenvalue weighted by Crippen LogP contribution is -2.42. The van der Waals surface area contributed by atoms with Gasteiger partial charge in [-0.15, -0.1) is 0 Å². The molecule has 1 aliphatic rings. The molecular weight excluding hydrogens is 324 g/mol. The van der Waals surface area contributed by atoms with Crippen LogP contribution in [0.2, 0.25) is 0 Å². The number of ether oxygens (including phenoxy) is 1. The highest BCUT2D eigenvalue weighted by atomic mass is 32.2. The van der Waals surface area contributed by atoms with Crippen molar-refractivity contribution >= 4 is 10.1 Å². The Morgan fingerprint density at radius 2 is 1.71 bits per heavy atom. The smallest absolute Gasteiger partial charge is 0.296 e. The Bertz CT molecular complexity index is 588. The van der Waals surface area contributed by atoms with Crippen LogP contribution in [0.4, 0.5) is 0 Å². The van der Waals surface area contributed by atoms with E-state index in [2.05, 4.69) is 6.92 Å². The Labute approximate surface area is 146 Å². The van der Waals surface area contributed by atoms with Crippen LogP contribution in [-0.2, 0) is 19.0 Å². The van der Waals surface area contributed by atoms with E-state index in [1.807, 2.05) is 6.92 Å². The van der Waals surface area contributed by atoms with Crippen LogP contribution in [0.25, 0.3) is 0 Å². The van der Waals surface area contributed by atoms with Crippen LogP contribution in [0.5, 0.6) is 0 Å². The molecule has 0 aliphatic carbocycles. The predicted molar refractivity (Wildman–Crippen MR) is 95.6 cm³/mol. The number of hydrogen-bond donors (Lipinski definition) is 0. The van der Waals surface area contributed by atoms with E-state index in [0.717, 1.165) is 38.0 Å². The Hall–Kier alpha value is -0.910. The van der Waals surface area contributed by atoms with E-state index < -0.39 is 10.1 Å². The molecule has 0 bridgehead atoms. The Morgan fingerprint density at radius 1 is 1.04 bits per heavy atom. The summed E-state index contributed by atoms with van der Waals surface area (Å²) in [5.74, 6) is 0. The van der Waals surface area contributed by atoms with Crippen molar-refractivity contribution in [1.29, 1.82) is 0 Å². The maximum Gasteiger partial charge on any atom is 0.296 e. The molecule has 24 heavy (non-hydrogen) atoms. The first-order chi connectivity index (χ1) is 11.5. The minimum atomic E-state index is -3.61. The van der Waals surface area contributed by atoms with Gasteiger partial charge in [-0.3, -0.25) is 4.18 Å². The van der Waals surface area contributed by atoms with Gasteiger partial charge in [-0.1, -0.05) is 50.3 Å². The molecule has 0 saturated carbocycles. The second kappa shape index (κ2) is 8.97. The third-order valence-corrected chi connectivity index (χ3v) is 6.07. The number of hydrogen-bond acceptors (Lipinski definition) is 4. The molecule has 0 atom stereocenters. The van der Waals surface area contributed by atoms with E-state index in [9.17, 15) is 8.42 Å². The number of rotatable bonds is 11. The third-order valence-electron chi connectivity index (χ3n) is 4.75. The fraction of sp³-hybridized carbons (Fsp3) is 0.684. The topological polar surface area (TPSA) is 52.6 Å². The number of aryl methyl sites for hydroxylation is 1. The van der Waals surface area contributed by atoms with Crippen LogP contribution >= 0.6 is 0 Å². The van der Waals surface area contributed by atoms with Crippen LogP contribution < -0.4 is 0 Å². The van der Waals surface area contributed by atoms with Gasteiger partial charge in [0.1, 0.15) is 0 Å². The van der Waals surface area contributed by atoms with Gasteiger partial charge in [-0.05, 0) is 38.3 Å². The van der Waals surface area contributed by atoms with E-state index in [-0.39, 0.29) is 11.5 Å². The quantitative estimate of drug-likeness (QED) is 0.435. The summed E-state index contributed by atoms with van der Waals surface area (Å²) in [6.45, 7) is 6.25. The van der Waals surface area contributed by atoms with Crippen molar-refractivity contribution in [1.82, 2.24) is 0 Å². The molecule has 0 spiro atoms. The standard InChI is InChI=1S/C19H30O4S/c1-3-12-19(15-22-16-19)13-6-4-5-7-14-23-24(20,21)18-10-8-17(2)9-11-18/h8-11H,3-7,12-16H2,1-2H3. The molecule has 1 heterocycles. The number of benzene rings is 1. The lowest BCUT2D eigenvalue weighted by atomic mass is 9.77. The summed E-state index contributed by atoms with van der Waals surface area (Å²) in [6, 6.07) is 6.76. The molecule has 1 saturated heterocycles. The summed E-state index contributed by atoms with van der Waals surface area (Å²) in [5, 5.41) is 0. The van der Waals surface area contributed by atoms with Gasteiger partial charge < -0.3 is 4.74 Å². The van der Waals surface area contributed by atoms with E-state index in [4.69, 9.17) is 8.92 Å². The van der Waals surface area contributed by atoms with Gasteiger partial charge in [-0.2, -0.15) is 8.42 Å². The first-order valence-corrected chi connectivity index (χ1v) is 10.4. The second-order valence-corrected chi connectivity index (χ2v) is 8.61. The molecule has 0 radical (unpaired) electrons. The zero-order valence-corrected chi connectivity index (χ0v) is 15.7. The van der Waals surface area contributed by atoms with E-state index in [1.54, 1.807) is 24.3 Å². The highest BCUT2D eigenvalue weighted by Crippen LogP contribution is 2.38. The largest absolute Gasteiger partial charge is 0.380 e. The van der Waals surface area contributed by atoms with Gasteiger partial charge >= 0.3 is 0 Å². The molecule has 1 aliphatic heterocycles. The van der Waals surface area contributed by atoms with Crippen LogP contribution in [-0.4, -0.2) is 28.2 Å². The fourth-order valence-corrected chi connectivity index (χ4v) is 4.17. The monoisotopic (exact) mass is 354 g/mol. The predicted octanol–water partition coefficient (Wildman–Crippen LogP) is 4.47. The Kier molecular flexibility index (Phi) is 7.26. The van der Waals surface area contributed by atoms with Crippen molar-refractivity contribution in [2.75, 3.05) is 19.8 Å². The fourth-order valence-electron chi connectivity index (χ4n) is 3.23. The molecule has 2 rings (SSSR count). The van der Waals surface area contributed by atoms with Crippen molar-refractivity contribution in [2.45, 2.75) is 63.7 Å². The molecule has 0 unspecified atom stereocenters. The Balaban J connectivity index is 1.60. The molecule has 0 aromatic heterocycles. The van der Waals surface area contributed by atoms with Gasteiger partial charge in [0.2, 0.25) is 0 Å². The van der Waals surface area contributed by atoms with Gasteiger partial charge in [0.25, 0.3) is 10.1 Å². The zero-order valence-electron chi connectivity index (χ0n) is 14.9. The van der Waals surface area contributed by atoms with E-state index in [0.29, 0.717) is 5.41 Å². The highest BCUT2D eigenvalue weighted by molar-refractivity contribution is 7.86. The molecule has 4 nitrogen and oxygen atoms in total.